The second kappa shape index (κ2) is 10.6. The first-order chi connectivity index (χ1) is 13.5. The van der Waals surface area contributed by atoms with Crippen molar-refractivity contribution < 1.29 is 8.42 Å². The Balaban J connectivity index is 0.00000300. The van der Waals surface area contributed by atoms with Crippen LogP contribution in [0.2, 0.25) is 0 Å². The van der Waals surface area contributed by atoms with Crippen molar-refractivity contribution in [3.8, 4) is 0 Å². The van der Waals surface area contributed by atoms with Crippen LogP contribution >= 0.6 is 24.0 Å². The summed E-state index contributed by atoms with van der Waals surface area (Å²) in [6.07, 6.45) is 2.75. The first-order valence-electron chi connectivity index (χ1n) is 9.13. The van der Waals surface area contributed by atoms with Gasteiger partial charge in [0.25, 0.3) is 0 Å². The summed E-state index contributed by atoms with van der Waals surface area (Å²) in [5.74, 6) is 1.67. The Bertz CT molecular complexity index is 1030. The topological polar surface area (TPSA) is 99.2 Å². The van der Waals surface area contributed by atoms with Gasteiger partial charge >= 0.3 is 0 Å². The molecule has 3 aromatic rings. The summed E-state index contributed by atoms with van der Waals surface area (Å²) in [6.45, 7) is 1.41. The number of imidazole rings is 1. The van der Waals surface area contributed by atoms with Crippen molar-refractivity contribution in [1.29, 1.82) is 0 Å². The van der Waals surface area contributed by atoms with Gasteiger partial charge in [-0.05, 0) is 36.2 Å². The van der Waals surface area contributed by atoms with E-state index in [0.717, 1.165) is 41.2 Å². The number of rotatable bonds is 7. The molecule has 3 rings (SSSR count). The first kappa shape index (κ1) is 23.1. The van der Waals surface area contributed by atoms with E-state index < -0.39 is 9.84 Å². The van der Waals surface area contributed by atoms with Gasteiger partial charge in [0.1, 0.15) is 5.82 Å². The number of nitrogens with zero attached hydrogens (tertiary/aromatic N) is 2. The van der Waals surface area contributed by atoms with Gasteiger partial charge in [0.15, 0.2) is 15.8 Å². The zero-order chi connectivity index (χ0) is 20.0. The van der Waals surface area contributed by atoms with Gasteiger partial charge in [-0.15, -0.1) is 24.0 Å². The lowest BCUT2D eigenvalue weighted by Crippen LogP contribution is -2.39. The minimum absolute atomic E-state index is 0. The van der Waals surface area contributed by atoms with Gasteiger partial charge in [-0.1, -0.05) is 24.3 Å². The summed E-state index contributed by atoms with van der Waals surface area (Å²) in [4.78, 5) is 12.4. The van der Waals surface area contributed by atoms with E-state index in [1.165, 1.54) is 6.26 Å². The molecule has 0 fully saturated rings. The second-order valence-corrected chi connectivity index (χ2v) is 8.56. The Hall–Kier alpha value is -2.14. The molecule has 0 spiro atoms. The van der Waals surface area contributed by atoms with Crippen LogP contribution < -0.4 is 10.6 Å². The van der Waals surface area contributed by atoms with Gasteiger partial charge in [0, 0.05) is 32.8 Å². The molecule has 29 heavy (non-hydrogen) atoms. The van der Waals surface area contributed by atoms with Gasteiger partial charge < -0.3 is 15.6 Å². The van der Waals surface area contributed by atoms with Crippen LogP contribution in [0.5, 0.6) is 0 Å². The van der Waals surface area contributed by atoms with E-state index >= 15 is 0 Å². The minimum Gasteiger partial charge on any atom is -0.356 e. The SMILES string of the molecule is CN=C(NCCc1ccc(S(C)(=O)=O)cc1)NCCc1nc2ccccc2[nH]1.I. The first-order valence-corrected chi connectivity index (χ1v) is 11.0. The summed E-state index contributed by atoms with van der Waals surface area (Å²) in [5.41, 5.74) is 3.08. The molecule has 2 aromatic carbocycles. The Kier molecular flexibility index (Phi) is 8.45. The average molecular weight is 527 g/mol. The number of H-pyrrole nitrogens is 1. The van der Waals surface area contributed by atoms with Crippen LogP contribution in [0.3, 0.4) is 0 Å². The maximum Gasteiger partial charge on any atom is 0.191 e. The van der Waals surface area contributed by atoms with E-state index in [0.29, 0.717) is 18.0 Å². The number of halogens is 1. The lowest BCUT2D eigenvalue weighted by atomic mass is 10.1. The molecule has 0 saturated carbocycles. The monoisotopic (exact) mass is 527 g/mol. The van der Waals surface area contributed by atoms with Gasteiger partial charge in [0.05, 0.1) is 15.9 Å². The van der Waals surface area contributed by atoms with Crippen LogP contribution in [0.1, 0.15) is 11.4 Å². The van der Waals surface area contributed by atoms with Crippen LogP contribution in [-0.4, -0.2) is 50.7 Å². The molecule has 0 aliphatic heterocycles. The van der Waals surface area contributed by atoms with E-state index in [1.807, 2.05) is 36.4 Å². The lowest BCUT2D eigenvalue weighted by molar-refractivity contribution is 0.602. The Morgan fingerprint density at radius 1 is 1.03 bits per heavy atom. The van der Waals surface area contributed by atoms with E-state index in [-0.39, 0.29) is 24.0 Å². The fourth-order valence-corrected chi connectivity index (χ4v) is 3.50. The average Bonchev–Trinajstić information content (AvgIpc) is 3.09. The highest BCUT2D eigenvalue weighted by atomic mass is 127. The normalized spacial score (nSPS) is 11.9. The van der Waals surface area contributed by atoms with E-state index in [9.17, 15) is 8.42 Å². The second-order valence-electron chi connectivity index (χ2n) is 6.54. The molecule has 0 amide bonds. The van der Waals surface area contributed by atoms with Gasteiger partial charge in [-0.25, -0.2) is 13.4 Å². The molecule has 3 N–H and O–H groups in total. The molecule has 1 aromatic heterocycles. The van der Waals surface area contributed by atoms with E-state index in [2.05, 4.69) is 25.6 Å². The van der Waals surface area contributed by atoms with Crippen molar-refractivity contribution in [1.82, 2.24) is 20.6 Å². The highest BCUT2D eigenvalue weighted by molar-refractivity contribution is 14.0. The Morgan fingerprint density at radius 3 is 2.31 bits per heavy atom. The van der Waals surface area contributed by atoms with Gasteiger partial charge in [0.2, 0.25) is 0 Å². The molecule has 0 atom stereocenters. The molecular weight excluding hydrogens is 501 g/mol. The zero-order valence-corrected chi connectivity index (χ0v) is 19.6. The van der Waals surface area contributed by atoms with Crippen molar-refractivity contribution in [3.63, 3.8) is 0 Å². The fraction of sp³-hybridized carbons (Fsp3) is 0.300. The molecule has 0 bridgehead atoms. The molecule has 0 saturated heterocycles. The van der Waals surface area contributed by atoms with Crippen LogP contribution in [-0.2, 0) is 22.7 Å². The molecule has 0 aliphatic rings. The number of nitrogens with one attached hydrogen (secondary N) is 3. The third-order valence-electron chi connectivity index (χ3n) is 4.37. The van der Waals surface area contributed by atoms with Crippen molar-refractivity contribution in [2.24, 2.45) is 4.99 Å². The van der Waals surface area contributed by atoms with Crippen LogP contribution in [0.15, 0.2) is 58.4 Å². The number of aromatic amines is 1. The number of para-hydroxylation sites is 2. The number of aliphatic imine (C=N–C) groups is 1. The van der Waals surface area contributed by atoms with Gasteiger partial charge in [-0.3, -0.25) is 4.99 Å². The summed E-state index contributed by atoms with van der Waals surface area (Å²) in [5, 5.41) is 6.54. The maximum absolute atomic E-state index is 11.5. The number of sulfone groups is 1. The minimum atomic E-state index is -3.15. The standard InChI is InChI=1S/C20H25N5O2S.HI/c1-21-20(22-13-11-15-7-9-16(10-8-15)28(2,26)27)23-14-12-19-24-17-5-3-4-6-18(17)25-19;/h3-10H,11-14H2,1-2H3,(H,24,25)(H2,21,22,23);1H. The number of benzene rings is 2. The Labute approximate surface area is 188 Å². The number of fused-ring (bicyclic) bond motifs is 1. The highest BCUT2D eigenvalue weighted by Gasteiger charge is 2.06. The maximum atomic E-state index is 11.5. The quantitative estimate of drug-likeness (QED) is 0.249. The molecular formula is C20H26IN5O2S. The lowest BCUT2D eigenvalue weighted by Gasteiger charge is -2.11. The van der Waals surface area contributed by atoms with Crippen LogP contribution in [0.4, 0.5) is 0 Å². The summed E-state index contributed by atoms with van der Waals surface area (Å²) < 4.78 is 23.0. The summed E-state index contributed by atoms with van der Waals surface area (Å²) in [7, 11) is -1.42. The number of hydrogen-bond acceptors (Lipinski definition) is 4. The molecule has 0 unspecified atom stereocenters. The largest absolute Gasteiger partial charge is 0.356 e. The summed E-state index contributed by atoms with van der Waals surface area (Å²) in [6, 6.07) is 14.9. The molecule has 9 heteroatoms. The summed E-state index contributed by atoms with van der Waals surface area (Å²) >= 11 is 0. The third kappa shape index (κ3) is 6.70. The molecule has 0 aliphatic carbocycles. The predicted molar refractivity (Wildman–Crippen MR) is 128 cm³/mol. The highest BCUT2D eigenvalue weighted by Crippen LogP contribution is 2.11. The molecule has 1 heterocycles. The Morgan fingerprint density at radius 2 is 1.69 bits per heavy atom. The number of aromatic nitrogens is 2. The van der Waals surface area contributed by atoms with Crippen molar-refractivity contribution in [2.45, 2.75) is 17.7 Å². The predicted octanol–water partition coefficient (Wildman–Crippen LogP) is 2.53. The molecule has 0 radical (unpaired) electrons. The zero-order valence-electron chi connectivity index (χ0n) is 16.5. The van der Waals surface area contributed by atoms with Crippen LogP contribution in [0.25, 0.3) is 11.0 Å². The fourth-order valence-electron chi connectivity index (χ4n) is 2.87. The van der Waals surface area contributed by atoms with Crippen molar-refractivity contribution in [3.05, 3.63) is 59.9 Å². The van der Waals surface area contributed by atoms with Crippen molar-refractivity contribution >= 4 is 50.8 Å². The third-order valence-corrected chi connectivity index (χ3v) is 5.50. The smallest absolute Gasteiger partial charge is 0.191 e. The molecule has 7 nitrogen and oxygen atoms in total. The number of hydrogen-bond donors (Lipinski definition) is 3. The number of guanidine groups is 1. The molecule has 156 valence electrons. The van der Waals surface area contributed by atoms with Crippen molar-refractivity contribution in [2.75, 3.05) is 26.4 Å². The van der Waals surface area contributed by atoms with Gasteiger partial charge in [-0.2, -0.15) is 0 Å². The van der Waals surface area contributed by atoms with Crippen LogP contribution in [0, 0.1) is 0 Å². The van der Waals surface area contributed by atoms with E-state index in [4.69, 9.17) is 0 Å². The van der Waals surface area contributed by atoms with E-state index in [1.54, 1.807) is 19.2 Å².